The van der Waals surface area contributed by atoms with Gasteiger partial charge in [-0.05, 0) is 48.3 Å². The second-order valence-corrected chi connectivity index (χ2v) is 9.24. The Bertz CT molecular complexity index is 522. The van der Waals surface area contributed by atoms with Gasteiger partial charge in [-0.25, -0.2) is 8.42 Å². The van der Waals surface area contributed by atoms with E-state index in [4.69, 9.17) is 0 Å². The van der Waals surface area contributed by atoms with Crippen LogP contribution in [0.4, 0.5) is 0 Å². The van der Waals surface area contributed by atoms with Gasteiger partial charge in [-0.1, -0.05) is 0 Å². The molecule has 0 amide bonds. The Balaban J connectivity index is 2.35. The Labute approximate surface area is 121 Å². The lowest BCUT2D eigenvalue weighted by atomic mass is 10.2. The van der Waals surface area contributed by atoms with E-state index < -0.39 is 10.0 Å². The lowest BCUT2D eigenvalue weighted by Gasteiger charge is -2.36. The molecule has 0 spiro atoms. The Hall–Kier alpha value is 0.0500. The van der Waals surface area contributed by atoms with Crippen molar-refractivity contribution in [3.05, 3.63) is 15.4 Å². The predicted molar refractivity (Wildman–Crippen MR) is 77.6 cm³/mol. The van der Waals surface area contributed by atoms with E-state index in [1.165, 1.54) is 11.3 Å². The summed E-state index contributed by atoms with van der Waals surface area (Å²) in [6.45, 7) is 7.07. The summed E-state index contributed by atoms with van der Waals surface area (Å²) in [5, 5.41) is 3.29. The monoisotopic (exact) mass is 352 g/mol. The smallest absolute Gasteiger partial charge is 0.252 e. The first-order valence-corrected chi connectivity index (χ1v) is 8.88. The van der Waals surface area contributed by atoms with E-state index in [2.05, 4.69) is 21.2 Å². The Morgan fingerprint density at radius 2 is 2.17 bits per heavy atom. The highest BCUT2D eigenvalue weighted by Crippen LogP contribution is 2.33. The third-order valence-corrected chi connectivity index (χ3v) is 7.67. The SMILES string of the molecule is Cc1cc(S(=O)(=O)N2CC(C)NCC2C)sc1Br. The van der Waals surface area contributed by atoms with Gasteiger partial charge in [-0.3, -0.25) is 0 Å². The molecule has 2 atom stereocenters. The van der Waals surface area contributed by atoms with Crippen molar-refractivity contribution in [1.82, 2.24) is 9.62 Å². The zero-order valence-electron chi connectivity index (χ0n) is 10.6. The maximum Gasteiger partial charge on any atom is 0.252 e. The molecule has 2 rings (SSSR count). The fourth-order valence-corrected chi connectivity index (χ4v) is 6.07. The first kappa shape index (κ1) is 14.5. The molecule has 4 nitrogen and oxygen atoms in total. The summed E-state index contributed by atoms with van der Waals surface area (Å²) >= 11 is 4.67. The average molecular weight is 353 g/mol. The van der Waals surface area contributed by atoms with Gasteiger partial charge in [0.15, 0.2) is 0 Å². The molecule has 0 radical (unpaired) electrons. The zero-order chi connectivity index (χ0) is 13.5. The number of aryl methyl sites for hydroxylation is 1. The molecule has 18 heavy (non-hydrogen) atoms. The summed E-state index contributed by atoms with van der Waals surface area (Å²) in [6, 6.07) is 1.93. The Morgan fingerprint density at radius 3 is 2.72 bits per heavy atom. The molecule has 1 aliphatic heterocycles. The van der Waals surface area contributed by atoms with Gasteiger partial charge in [0.1, 0.15) is 4.21 Å². The van der Waals surface area contributed by atoms with Crippen molar-refractivity contribution in [2.75, 3.05) is 13.1 Å². The van der Waals surface area contributed by atoms with E-state index >= 15 is 0 Å². The molecule has 1 aliphatic rings. The van der Waals surface area contributed by atoms with Crippen LogP contribution in [0.3, 0.4) is 0 Å². The summed E-state index contributed by atoms with van der Waals surface area (Å²) in [4.78, 5) is 0. The molecule has 1 fully saturated rings. The summed E-state index contributed by atoms with van der Waals surface area (Å²) in [5.41, 5.74) is 0.967. The molecule has 1 aromatic heterocycles. The molecule has 2 heterocycles. The van der Waals surface area contributed by atoms with Crippen molar-refractivity contribution < 1.29 is 8.42 Å². The third-order valence-electron chi connectivity index (χ3n) is 3.10. The van der Waals surface area contributed by atoms with Gasteiger partial charge >= 0.3 is 0 Å². The molecule has 2 unspecified atom stereocenters. The van der Waals surface area contributed by atoms with E-state index in [0.29, 0.717) is 17.3 Å². The van der Waals surface area contributed by atoms with E-state index in [1.807, 2.05) is 20.8 Å². The summed E-state index contributed by atoms with van der Waals surface area (Å²) < 4.78 is 28.1. The molecule has 0 saturated carbocycles. The Morgan fingerprint density at radius 1 is 1.50 bits per heavy atom. The standard InChI is InChI=1S/C11H17BrN2O2S2/c1-7-4-10(17-11(7)12)18(15,16)14-6-8(2)13-5-9(14)3/h4,8-9,13H,5-6H2,1-3H3. The fourth-order valence-electron chi connectivity index (χ4n) is 2.00. The topological polar surface area (TPSA) is 49.4 Å². The number of halogens is 1. The summed E-state index contributed by atoms with van der Waals surface area (Å²) in [5.74, 6) is 0. The number of nitrogens with one attached hydrogen (secondary N) is 1. The van der Waals surface area contributed by atoms with Crippen molar-refractivity contribution in [1.29, 1.82) is 0 Å². The van der Waals surface area contributed by atoms with Gasteiger partial charge in [0, 0.05) is 25.2 Å². The van der Waals surface area contributed by atoms with Crippen LogP contribution in [-0.2, 0) is 10.0 Å². The minimum atomic E-state index is -3.36. The highest BCUT2D eigenvalue weighted by molar-refractivity contribution is 9.11. The van der Waals surface area contributed by atoms with Crippen LogP contribution >= 0.6 is 27.3 Å². The van der Waals surface area contributed by atoms with Gasteiger partial charge in [0.25, 0.3) is 10.0 Å². The number of rotatable bonds is 2. The molecule has 1 aromatic rings. The molecule has 102 valence electrons. The van der Waals surface area contributed by atoms with Crippen LogP contribution in [0.5, 0.6) is 0 Å². The second-order valence-electron chi connectivity index (χ2n) is 4.76. The minimum absolute atomic E-state index is 0.00705. The lowest BCUT2D eigenvalue weighted by Crippen LogP contribution is -2.55. The summed E-state index contributed by atoms with van der Waals surface area (Å²) in [6.07, 6.45) is 0. The average Bonchev–Trinajstić information content (AvgIpc) is 2.63. The molecular weight excluding hydrogens is 336 g/mol. The zero-order valence-corrected chi connectivity index (χ0v) is 13.8. The second kappa shape index (κ2) is 5.20. The molecular formula is C11H17BrN2O2S2. The van der Waals surface area contributed by atoms with E-state index in [9.17, 15) is 8.42 Å². The third kappa shape index (κ3) is 2.65. The number of hydrogen-bond acceptors (Lipinski definition) is 4. The minimum Gasteiger partial charge on any atom is -0.311 e. The quantitative estimate of drug-likeness (QED) is 0.887. The van der Waals surface area contributed by atoms with Crippen molar-refractivity contribution in [2.24, 2.45) is 0 Å². The number of nitrogens with zero attached hydrogens (tertiary/aromatic N) is 1. The predicted octanol–water partition coefficient (Wildman–Crippen LogP) is 2.19. The van der Waals surface area contributed by atoms with Crippen LogP contribution in [0.15, 0.2) is 14.1 Å². The van der Waals surface area contributed by atoms with Crippen LogP contribution < -0.4 is 5.32 Å². The van der Waals surface area contributed by atoms with Gasteiger partial charge in [-0.2, -0.15) is 4.31 Å². The molecule has 7 heteroatoms. The van der Waals surface area contributed by atoms with Crippen molar-refractivity contribution in [3.63, 3.8) is 0 Å². The van der Waals surface area contributed by atoms with Crippen LogP contribution in [0, 0.1) is 6.92 Å². The van der Waals surface area contributed by atoms with Crippen LogP contribution in [0.25, 0.3) is 0 Å². The normalized spacial score (nSPS) is 26.4. The van der Waals surface area contributed by atoms with Gasteiger partial charge in [0.05, 0.1) is 3.79 Å². The number of hydrogen-bond donors (Lipinski definition) is 1. The highest BCUT2D eigenvalue weighted by Gasteiger charge is 2.34. The van der Waals surface area contributed by atoms with Crippen LogP contribution in [0.2, 0.25) is 0 Å². The number of piperazine rings is 1. The molecule has 0 aromatic carbocycles. The molecule has 0 bridgehead atoms. The molecule has 0 aliphatic carbocycles. The number of thiophene rings is 1. The Kier molecular flexibility index (Phi) is 4.18. The lowest BCUT2D eigenvalue weighted by molar-refractivity contribution is 0.245. The van der Waals surface area contributed by atoms with Gasteiger partial charge < -0.3 is 5.32 Å². The van der Waals surface area contributed by atoms with Gasteiger partial charge in [-0.15, -0.1) is 11.3 Å². The largest absolute Gasteiger partial charge is 0.311 e. The van der Waals surface area contributed by atoms with E-state index in [1.54, 1.807) is 10.4 Å². The van der Waals surface area contributed by atoms with Crippen LogP contribution in [-0.4, -0.2) is 37.9 Å². The maximum atomic E-state index is 12.6. The van der Waals surface area contributed by atoms with Gasteiger partial charge in [0.2, 0.25) is 0 Å². The first-order valence-electron chi connectivity index (χ1n) is 5.83. The van der Waals surface area contributed by atoms with E-state index in [-0.39, 0.29) is 12.1 Å². The van der Waals surface area contributed by atoms with Crippen LogP contribution in [0.1, 0.15) is 19.4 Å². The number of sulfonamides is 1. The molecule has 1 N–H and O–H groups in total. The summed E-state index contributed by atoms with van der Waals surface area (Å²) in [7, 11) is -3.36. The fraction of sp³-hybridized carbons (Fsp3) is 0.636. The highest BCUT2D eigenvalue weighted by atomic mass is 79.9. The maximum absolute atomic E-state index is 12.6. The van der Waals surface area contributed by atoms with Crippen molar-refractivity contribution >= 4 is 37.3 Å². The molecule has 1 saturated heterocycles. The van der Waals surface area contributed by atoms with Crippen molar-refractivity contribution in [2.45, 2.75) is 37.1 Å². The van der Waals surface area contributed by atoms with Crippen molar-refractivity contribution in [3.8, 4) is 0 Å². The first-order chi connectivity index (χ1) is 8.32. The van der Waals surface area contributed by atoms with E-state index in [0.717, 1.165) is 9.35 Å².